The lowest BCUT2D eigenvalue weighted by molar-refractivity contribution is 0.356. The lowest BCUT2D eigenvalue weighted by Gasteiger charge is -2.34. The summed E-state index contributed by atoms with van der Waals surface area (Å²) in [6, 6.07) is 23.3. The van der Waals surface area contributed by atoms with E-state index in [2.05, 4.69) is 79.8 Å². The second-order valence-corrected chi connectivity index (χ2v) is 9.68. The molecule has 0 aromatic heterocycles. The van der Waals surface area contributed by atoms with Crippen LogP contribution in [0.2, 0.25) is 0 Å². The molecule has 1 aliphatic heterocycles. The molecular weight excluding hydrogens is 414 g/mol. The van der Waals surface area contributed by atoms with Crippen LogP contribution in [0.1, 0.15) is 25.0 Å². The van der Waals surface area contributed by atoms with Crippen molar-refractivity contribution in [1.29, 1.82) is 0 Å². The summed E-state index contributed by atoms with van der Waals surface area (Å²) in [5.74, 6) is 3.60. The molecule has 0 fully saturated rings. The van der Waals surface area contributed by atoms with Gasteiger partial charge >= 0.3 is 0 Å². The van der Waals surface area contributed by atoms with E-state index in [9.17, 15) is 0 Å². The molecular formula is C28H31NO2S. The van der Waals surface area contributed by atoms with E-state index >= 15 is 0 Å². The number of nitrogens with one attached hydrogen (secondary N) is 1. The smallest absolute Gasteiger partial charge is 0.168 e. The number of benzene rings is 3. The summed E-state index contributed by atoms with van der Waals surface area (Å²) in [6.45, 7) is 4.45. The van der Waals surface area contributed by atoms with Crippen LogP contribution in [0.4, 0.5) is 5.69 Å². The maximum absolute atomic E-state index is 5.74. The second kappa shape index (κ2) is 9.74. The zero-order valence-corrected chi connectivity index (χ0v) is 20.1. The number of para-hydroxylation sites is 2. The molecule has 3 aromatic rings. The number of rotatable bonds is 8. The van der Waals surface area contributed by atoms with Crippen LogP contribution in [0.25, 0.3) is 16.7 Å². The third kappa shape index (κ3) is 4.81. The van der Waals surface area contributed by atoms with Crippen LogP contribution in [0.15, 0.2) is 72.8 Å². The summed E-state index contributed by atoms with van der Waals surface area (Å²) in [7, 11) is 3.37. The van der Waals surface area contributed by atoms with Crippen molar-refractivity contribution in [3.63, 3.8) is 0 Å². The molecule has 0 atom stereocenters. The lowest BCUT2D eigenvalue weighted by Crippen LogP contribution is -2.32. The Morgan fingerprint density at radius 2 is 1.53 bits per heavy atom. The van der Waals surface area contributed by atoms with Crippen molar-refractivity contribution in [3.8, 4) is 22.6 Å². The molecule has 0 aliphatic carbocycles. The van der Waals surface area contributed by atoms with Crippen molar-refractivity contribution in [1.82, 2.24) is 0 Å². The van der Waals surface area contributed by atoms with Crippen molar-refractivity contribution in [3.05, 3.63) is 83.9 Å². The number of aryl methyl sites for hydroxylation is 1. The first-order valence-electron chi connectivity index (χ1n) is 11.0. The van der Waals surface area contributed by atoms with E-state index in [4.69, 9.17) is 9.47 Å². The van der Waals surface area contributed by atoms with E-state index in [-0.39, 0.29) is 5.54 Å². The zero-order valence-electron chi connectivity index (χ0n) is 19.3. The Bertz CT molecular complexity index is 1110. The Kier molecular flexibility index (Phi) is 6.80. The maximum Gasteiger partial charge on any atom is 0.168 e. The van der Waals surface area contributed by atoms with Gasteiger partial charge in [0.05, 0.1) is 25.4 Å². The van der Waals surface area contributed by atoms with E-state index in [0.29, 0.717) is 0 Å². The third-order valence-electron chi connectivity index (χ3n) is 5.72. The number of anilines is 1. The summed E-state index contributed by atoms with van der Waals surface area (Å²) in [5.41, 5.74) is 7.23. The predicted molar refractivity (Wildman–Crippen MR) is 138 cm³/mol. The average molecular weight is 446 g/mol. The Labute approximate surface area is 195 Å². The van der Waals surface area contributed by atoms with Crippen LogP contribution >= 0.6 is 11.8 Å². The molecule has 0 saturated carbocycles. The molecule has 0 unspecified atom stereocenters. The molecule has 3 aromatic carbocycles. The van der Waals surface area contributed by atoms with Crippen LogP contribution < -0.4 is 14.8 Å². The lowest BCUT2D eigenvalue weighted by atomic mass is 9.87. The Morgan fingerprint density at radius 1 is 0.812 bits per heavy atom. The number of hydrogen-bond acceptors (Lipinski definition) is 4. The SMILES string of the molecule is COc1cccc(-c2cccc3c2NC(C)(C)C=C3CSCCc2ccccc2)c1OC. The van der Waals surface area contributed by atoms with Crippen molar-refractivity contribution in [2.75, 3.05) is 31.0 Å². The van der Waals surface area contributed by atoms with Gasteiger partial charge in [0, 0.05) is 22.4 Å². The highest BCUT2D eigenvalue weighted by atomic mass is 32.2. The van der Waals surface area contributed by atoms with Gasteiger partial charge in [-0.05, 0) is 43.2 Å². The van der Waals surface area contributed by atoms with Gasteiger partial charge in [-0.2, -0.15) is 11.8 Å². The van der Waals surface area contributed by atoms with Gasteiger partial charge in [0.1, 0.15) is 0 Å². The quantitative estimate of drug-likeness (QED) is 0.381. The molecule has 3 nitrogen and oxygen atoms in total. The summed E-state index contributed by atoms with van der Waals surface area (Å²) < 4.78 is 11.3. The highest BCUT2D eigenvalue weighted by molar-refractivity contribution is 7.99. The minimum Gasteiger partial charge on any atom is -0.493 e. The number of fused-ring (bicyclic) bond motifs is 1. The highest BCUT2D eigenvalue weighted by Gasteiger charge is 2.27. The fourth-order valence-corrected chi connectivity index (χ4v) is 5.27. The fourth-order valence-electron chi connectivity index (χ4n) is 4.29. The van der Waals surface area contributed by atoms with Crippen LogP contribution in [0.3, 0.4) is 0 Å². The zero-order chi connectivity index (χ0) is 22.6. The van der Waals surface area contributed by atoms with Gasteiger partial charge in [-0.25, -0.2) is 0 Å². The monoisotopic (exact) mass is 445 g/mol. The van der Waals surface area contributed by atoms with Crippen LogP contribution in [0, 0.1) is 0 Å². The molecule has 1 heterocycles. The second-order valence-electron chi connectivity index (χ2n) is 8.57. The molecule has 32 heavy (non-hydrogen) atoms. The van der Waals surface area contributed by atoms with Gasteiger partial charge < -0.3 is 14.8 Å². The standard InChI is InChI=1S/C28H31NO2S/c1-28(2)18-21(19-32-17-16-20-10-6-5-7-11-20)22-12-8-13-23(26(22)29-28)24-14-9-15-25(30-3)27(24)31-4/h5-15,18,29H,16-17,19H2,1-4H3. The Balaban J connectivity index is 1.63. The van der Waals surface area contributed by atoms with Gasteiger partial charge in [0.2, 0.25) is 0 Å². The van der Waals surface area contributed by atoms with E-state index in [1.165, 1.54) is 16.7 Å². The van der Waals surface area contributed by atoms with Gasteiger partial charge in [0.15, 0.2) is 11.5 Å². The highest BCUT2D eigenvalue weighted by Crippen LogP contribution is 2.46. The summed E-state index contributed by atoms with van der Waals surface area (Å²) in [5, 5.41) is 3.76. The molecule has 0 saturated heterocycles. The maximum atomic E-state index is 5.74. The van der Waals surface area contributed by atoms with Crippen LogP contribution in [-0.2, 0) is 6.42 Å². The number of ether oxygens (including phenoxy) is 2. The molecule has 0 amide bonds. The van der Waals surface area contributed by atoms with Crippen molar-refractivity contribution in [2.24, 2.45) is 0 Å². The van der Waals surface area contributed by atoms with Crippen molar-refractivity contribution >= 4 is 23.0 Å². The van der Waals surface area contributed by atoms with E-state index in [1.54, 1.807) is 14.2 Å². The van der Waals surface area contributed by atoms with Crippen LogP contribution in [0.5, 0.6) is 11.5 Å². The molecule has 0 radical (unpaired) electrons. The average Bonchev–Trinajstić information content (AvgIpc) is 2.81. The van der Waals surface area contributed by atoms with Gasteiger partial charge in [-0.15, -0.1) is 0 Å². The Hall–Kier alpha value is -2.85. The van der Waals surface area contributed by atoms with E-state index in [0.717, 1.165) is 46.2 Å². The van der Waals surface area contributed by atoms with Crippen molar-refractivity contribution in [2.45, 2.75) is 25.8 Å². The molecule has 166 valence electrons. The van der Waals surface area contributed by atoms with Gasteiger partial charge in [-0.3, -0.25) is 0 Å². The summed E-state index contributed by atoms with van der Waals surface area (Å²) in [4.78, 5) is 0. The largest absolute Gasteiger partial charge is 0.493 e. The molecule has 1 aliphatic rings. The minimum atomic E-state index is -0.134. The van der Waals surface area contributed by atoms with E-state index in [1.807, 2.05) is 23.9 Å². The Morgan fingerprint density at radius 3 is 2.28 bits per heavy atom. The summed E-state index contributed by atoms with van der Waals surface area (Å²) in [6.07, 6.45) is 3.46. The van der Waals surface area contributed by atoms with Crippen molar-refractivity contribution < 1.29 is 9.47 Å². The molecule has 4 heteroatoms. The first kappa shape index (κ1) is 22.3. The first-order valence-corrected chi connectivity index (χ1v) is 12.1. The molecule has 0 bridgehead atoms. The van der Waals surface area contributed by atoms with E-state index < -0.39 is 0 Å². The topological polar surface area (TPSA) is 30.5 Å². The minimum absolute atomic E-state index is 0.134. The van der Waals surface area contributed by atoms with Crippen LogP contribution in [-0.4, -0.2) is 31.3 Å². The third-order valence-corrected chi connectivity index (χ3v) is 6.73. The number of thioether (sulfide) groups is 1. The normalized spacial score (nSPS) is 14.2. The molecule has 0 spiro atoms. The summed E-state index contributed by atoms with van der Waals surface area (Å²) >= 11 is 1.99. The molecule has 4 rings (SSSR count). The predicted octanol–water partition coefficient (Wildman–Crippen LogP) is 6.93. The number of hydrogen-bond donors (Lipinski definition) is 1. The van der Waals surface area contributed by atoms with Gasteiger partial charge in [0.25, 0.3) is 0 Å². The molecule has 1 N–H and O–H groups in total. The first-order chi connectivity index (χ1) is 15.5. The number of methoxy groups -OCH3 is 2. The fraction of sp³-hybridized carbons (Fsp3) is 0.286. The van der Waals surface area contributed by atoms with Gasteiger partial charge in [-0.1, -0.05) is 66.7 Å².